The van der Waals surface area contributed by atoms with Crippen LogP contribution in [0.25, 0.3) is 16.9 Å². The Labute approximate surface area is 202 Å². The number of rotatable bonds is 7. The molecule has 6 heteroatoms. The van der Waals surface area contributed by atoms with E-state index in [1.165, 1.54) is 0 Å². The molecule has 0 amide bonds. The largest absolute Gasteiger partial charge is 0.493 e. The summed E-state index contributed by atoms with van der Waals surface area (Å²) in [6.45, 7) is 13.3. The normalized spacial score (nSPS) is 14.7. The number of esters is 1. The third kappa shape index (κ3) is 5.21. The number of imidazole rings is 1. The summed E-state index contributed by atoms with van der Waals surface area (Å²) in [6, 6.07) is 9.83. The summed E-state index contributed by atoms with van der Waals surface area (Å²) < 4.78 is 13.4. The van der Waals surface area contributed by atoms with Crippen LogP contribution in [0.4, 0.5) is 5.82 Å². The van der Waals surface area contributed by atoms with Crippen molar-refractivity contribution >= 4 is 17.4 Å². The van der Waals surface area contributed by atoms with E-state index in [9.17, 15) is 4.79 Å². The number of benzene rings is 1. The van der Waals surface area contributed by atoms with Crippen LogP contribution in [0.15, 0.2) is 36.5 Å². The molecule has 1 fully saturated rings. The lowest BCUT2D eigenvalue weighted by Crippen LogP contribution is -2.36. The van der Waals surface area contributed by atoms with Gasteiger partial charge in [0.15, 0.2) is 11.5 Å². The first-order valence-electron chi connectivity index (χ1n) is 12.1. The molecule has 1 saturated carbocycles. The molecule has 6 nitrogen and oxygen atoms in total. The molecule has 0 atom stereocenters. The molecule has 4 rings (SSSR count). The first-order valence-corrected chi connectivity index (χ1v) is 12.1. The highest BCUT2D eigenvalue weighted by molar-refractivity contribution is 5.80. The first-order chi connectivity index (χ1) is 16.0. The van der Waals surface area contributed by atoms with Gasteiger partial charge < -0.3 is 14.8 Å². The zero-order chi connectivity index (χ0) is 24.7. The van der Waals surface area contributed by atoms with Crippen molar-refractivity contribution in [2.75, 3.05) is 12.4 Å². The molecular formula is C28H37N3O3. The second-order valence-corrected chi connectivity index (χ2v) is 11.4. The van der Waals surface area contributed by atoms with Gasteiger partial charge in [0, 0.05) is 17.3 Å². The summed E-state index contributed by atoms with van der Waals surface area (Å²) in [5, 5.41) is 3.77. The Balaban J connectivity index is 1.74. The van der Waals surface area contributed by atoms with Gasteiger partial charge in [-0.25, -0.2) is 4.98 Å². The molecule has 34 heavy (non-hydrogen) atoms. The van der Waals surface area contributed by atoms with Gasteiger partial charge in [-0.1, -0.05) is 27.2 Å². The van der Waals surface area contributed by atoms with Crippen LogP contribution in [0, 0.1) is 18.3 Å². The topological polar surface area (TPSA) is 64.9 Å². The third-order valence-corrected chi connectivity index (χ3v) is 6.30. The predicted molar refractivity (Wildman–Crippen MR) is 137 cm³/mol. The highest BCUT2D eigenvalue weighted by Crippen LogP contribution is 2.39. The van der Waals surface area contributed by atoms with Crippen LogP contribution in [-0.4, -0.2) is 28.0 Å². The number of hydrogen-bond donors (Lipinski definition) is 1. The fourth-order valence-electron chi connectivity index (χ4n) is 4.89. The maximum absolute atomic E-state index is 12.4. The first kappa shape index (κ1) is 24.1. The zero-order valence-electron chi connectivity index (χ0n) is 21.5. The quantitative estimate of drug-likeness (QED) is 0.314. The number of methoxy groups -OCH3 is 1. The Morgan fingerprint density at radius 3 is 2.47 bits per heavy atom. The maximum atomic E-state index is 12.4. The minimum Gasteiger partial charge on any atom is -0.493 e. The Hall–Kier alpha value is -3.02. The summed E-state index contributed by atoms with van der Waals surface area (Å²) in [5.74, 6) is 1.74. The number of hydrogen-bond acceptors (Lipinski definition) is 5. The second kappa shape index (κ2) is 8.97. The van der Waals surface area contributed by atoms with Gasteiger partial charge in [0.1, 0.15) is 17.2 Å². The van der Waals surface area contributed by atoms with Gasteiger partial charge in [-0.2, -0.15) is 0 Å². The van der Waals surface area contributed by atoms with Crippen molar-refractivity contribution in [3.8, 4) is 22.8 Å². The van der Waals surface area contributed by atoms with Crippen LogP contribution in [0.5, 0.6) is 11.5 Å². The molecule has 3 aromatic rings. The molecule has 0 bridgehead atoms. The Bertz CT molecular complexity index is 1200. The monoisotopic (exact) mass is 463 g/mol. The fraction of sp³-hybridized carbons (Fsp3) is 0.500. The number of pyridine rings is 1. The van der Waals surface area contributed by atoms with Crippen molar-refractivity contribution < 1.29 is 14.3 Å². The third-order valence-electron chi connectivity index (χ3n) is 6.30. The van der Waals surface area contributed by atoms with Crippen LogP contribution < -0.4 is 14.8 Å². The maximum Gasteiger partial charge on any atom is 0.314 e. The molecule has 2 heterocycles. The average Bonchev–Trinajstić information content (AvgIpc) is 3.01. The molecule has 1 aliphatic carbocycles. The van der Waals surface area contributed by atoms with Gasteiger partial charge in [0.25, 0.3) is 0 Å². The summed E-state index contributed by atoms with van der Waals surface area (Å²) in [4.78, 5) is 17.4. The van der Waals surface area contributed by atoms with E-state index in [1.807, 2.05) is 18.2 Å². The number of nitrogens with one attached hydrogen (secondary N) is 1. The van der Waals surface area contributed by atoms with E-state index in [0.717, 1.165) is 54.0 Å². The number of aryl methyl sites for hydroxylation is 1. The molecule has 2 aromatic heterocycles. The molecule has 0 spiro atoms. The SMILES string of the molecule is COc1cc(-c2nc3cc(C)ccn3c2NC(C)(C)CC(C)(C)C)ccc1OC(=O)C1CCC1. The number of nitrogens with zero attached hydrogens (tertiary/aromatic N) is 2. The lowest BCUT2D eigenvalue weighted by atomic mass is 9.82. The van der Waals surface area contributed by atoms with Gasteiger partial charge in [-0.15, -0.1) is 0 Å². The zero-order valence-corrected chi connectivity index (χ0v) is 21.5. The molecule has 1 N–H and O–H groups in total. The molecule has 0 saturated heterocycles. The van der Waals surface area contributed by atoms with E-state index < -0.39 is 0 Å². The number of anilines is 1. The highest BCUT2D eigenvalue weighted by atomic mass is 16.6. The van der Waals surface area contributed by atoms with Gasteiger partial charge in [0.2, 0.25) is 0 Å². The fourth-order valence-corrected chi connectivity index (χ4v) is 4.89. The highest BCUT2D eigenvalue weighted by Gasteiger charge is 2.30. The molecule has 0 aliphatic heterocycles. The summed E-state index contributed by atoms with van der Waals surface area (Å²) in [7, 11) is 1.60. The van der Waals surface area contributed by atoms with Crippen molar-refractivity contribution in [1.29, 1.82) is 0 Å². The molecule has 1 aliphatic rings. The van der Waals surface area contributed by atoms with Gasteiger partial charge >= 0.3 is 5.97 Å². The summed E-state index contributed by atoms with van der Waals surface area (Å²) in [6.07, 6.45) is 5.93. The van der Waals surface area contributed by atoms with Crippen LogP contribution in [0.3, 0.4) is 0 Å². The van der Waals surface area contributed by atoms with Crippen LogP contribution in [0.1, 0.15) is 65.9 Å². The van der Waals surface area contributed by atoms with E-state index >= 15 is 0 Å². The van der Waals surface area contributed by atoms with Crippen molar-refractivity contribution in [2.45, 2.75) is 72.8 Å². The van der Waals surface area contributed by atoms with E-state index in [2.05, 4.69) is 69.6 Å². The van der Waals surface area contributed by atoms with Gasteiger partial charge in [-0.05, 0) is 81.3 Å². The standard InChI is InChI=1S/C28H37N3O3/c1-18-13-14-31-23(15-18)29-24(25(31)30-28(5,6)17-27(2,3)4)20-11-12-21(22(16-20)33-7)34-26(32)19-9-8-10-19/h11-16,19,30H,8-10,17H2,1-7H3. The Morgan fingerprint density at radius 1 is 1.12 bits per heavy atom. The number of ether oxygens (including phenoxy) is 2. The molecule has 0 unspecified atom stereocenters. The Kier molecular flexibility index (Phi) is 6.36. The van der Waals surface area contributed by atoms with Crippen LogP contribution in [0.2, 0.25) is 0 Å². The van der Waals surface area contributed by atoms with Crippen LogP contribution in [-0.2, 0) is 4.79 Å². The summed E-state index contributed by atoms with van der Waals surface area (Å²) in [5.41, 5.74) is 3.78. The lowest BCUT2D eigenvalue weighted by Gasteiger charge is -2.34. The second-order valence-electron chi connectivity index (χ2n) is 11.4. The van der Waals surface area contributed by atoms with E-state index in [0.29, 0.717) is 11.5 Å². The van der Waals surface area contributed by atoms with Crippen LogP contribution >= 0.6 is 0 Å². The van der Waals surface area contributed by atoms with E-state index in [1.54, 1.807) is 7.11 Å². The van der Waals surface area contributed by atoms with Crippen molar-refractivity contribution in [3.05, 3.63) is 42.1 Å². The number of carbonyl (C=O) groups is 1. The Morgan fingerprint density at radius 2 is 1.85 bits per heavy atom. The summed E-state index contributed by atoms with van der Waals surface area (Å²) >= 11 is 0. The van der Waals surface area contributed by atoms with Gasteiger partial charge in [0.05, 0.1) is 13.0 Å². The lowest BCUT2D eigenvalue weighted by molar-refractivity contribution is -0.141. The minimum atomic E-state index is -0.174. The number of carbonyl (C=O) groups excluding carboxylic acids is 1. The molecule has 1 aromatic carbocycles. The van der Waals surface area contributed by atoms with E-state index in [-0.39, 0.29) is 22.8 Å². The minimum absolute atomic E-state index is 0.00640. The van der Waals surface area contributed by atoms with Gasteiger partial charge in [-0.3, -0.25) is 9.20 Å². The molecule has 182 valence electrons. The average molecular weight is 464 g/mol. The number of aromatic nitrogens is 2. The van der Waals surface area contributed by atoms with Crippen molar-refractivity contribution in [3.63, 3.8) is 0 Å². The number of fused-ring (bicyclic) bond motifs is 1. The van der Waals surface area contributed by atoms with E-state index in [4.69, 9.17) is 14.5 Å². The predicted octanol–water partition coefficient (Wildman–Crippen LogP) is 6.65. The molecule has 0 radical (unpaired) electrons. The van der Waals surface area contributed by atoms with Crippen molar-refractivity contribution in [2.24, 2.45) is 11.3 Å². The smallest absolute Gasteiger partial charge is 0.314 e. The molecular weight excluding hydrogens is 426 g/mol. The van der Waals surface area contributed by atoms with Crippen molar-refractivity contribution in [1.82, 2.24) is 9.38 Å².